The lowest BCUT2D eigenvalue weighted by molar-refractivity contribution is 0.321. The van der Waals surface area contributed by atoms with Crippen LogP contribution in [0, 0.1) is 6.92 Å². The number of nitrogens with zero attached hydrogens (tertiary/aromatic N) is 7. The van der Waals surface area contributed by atoms with Crippen LogP contribution in [-0.4, -0.2) is 41.0 Å². The maximum absolute atomic E-state index is 12.8. The second-order valence-electron chi connectivity index (χ2n) is 5.58. The summed E-state index contributed by atoms with van der Waals surface area (Å²) in [5, 5.41) is 24.5. The first kappa shape index (κ1) is 16.9. The van der Waals surface area contributed by atoms with Crippen LogP contribution in [0.4, 0.5) is 0 Å². The van der Waals surface area contributed by atoms with Gasteiger partial charge in [-0.15, -0.1) is 5.10 Å². The minimum Gasteiger partial charge on any atom is -0.411 e. The predicted molar refractivity (Wildman–Crippen MR) is 98.9 cm³/mol. The molecule has 3 aromatic heterocycles. The molecule has 10 heteroatoms. The zero-order valence-corrected chi connectivity index (χ0v) is 14.9. The number of fused-ring (bicyclic) bond motifs is 1. The van der Waals surface area contributed by atoms with E-state index in [1.165, 1.54) is 4.40 Å². The van der Waals surface area contributed by atoms with E-state index in [0.717, 1.165) is 29.2 Å². The van der Waals surface area contributed by atoms with E-state index in [0.29, 0.717) is 15.8 Å². The number of hydrogen-bond acceptors (Lipinski definition) is 8. The van der Waals surface area contributed by atoms with Crippen molar-refractivity contribution in [2.45, 2.75) is 17.1 Å². The molecule has 0 aliphatic rings. The van der Waals surface area contributed by atoms with E-state index in [1.807, 2.05) is 43.3 Å². The summed E-state index contributed by atoms with van der Waals surface area (Å²) in [4.78, 5) is 17.4. The van der Waals surface area contributed by atoms with Crippen LogP contribution in [0.5, 0.6) is 0 Å². The second kappa shape index (κ2) is 7.00. The fourth-order valence-corrected chi connectivity index (χ4v) is 3.46. The van der Waals surface area contributed by atoms with Crippen LogP contribution in [0.3, 0.4) is 0 Å². The monoisotopic (exact) mass is 379 g/mol. The Morgan fingerprint density at radius 3 is 2.78 bits per heavy atom. The molecule has 1 N–H and O–H groups in total. The molecule has 0 unspecified atom stereocenters. The van der Waals surface area contributed by atoms with Crippen molar-refractivity contribution in [3.05, 3.63) is 70.1 Å². The van der Waals surface area contributed by atoms with Gasteiger partial charge >= 0.3 is 0 Å². The summed E-state index contributed by atoms with van der Waals surface area (Å²) in [5.41, 5.74) is 1.93. The number of tetrazole rings is 1. The highest BCUT2D eigenvalue weighted by molar-refractivity contribution is 7.99. The zero-order chi connectivity index (χ0) is 18.8. The number of oxime groups is 1. The lowest BCUT2D eigenvalue weighted by Crippen LogP contribution is -2.21. The van der Waals surface area contributed by atoms with Gasteiger partial charge in [0.05, 0.1) is 17.5 Å². The molecule has 0 spiro atoms. The van der Waals surface area contributed by atoms with Crippen molar-refractivity contribution in [1.82, 2.24) is 29.6 Å². The van der Waals surface area contributed by atoms with Gasteiger partial charge in [-0.1, -0.05) is 29.4 Å². The van der Waals surface area contributed by atoms with Crippen molar-refractivity contribution in [2.24, 2.45) is 5.16 Å². The van der Waals surface area contributed by atoms with E-state index in [4.69, 9.17) is 5.21 Å². The highest BCUT2D eigenvalue weighted by Gasteiger charge is 2.18. The summed E-state index contributed by atoms with van der Waals surface area (Å²) in [5.74, 6) is 0. The molecule has 27 heavy (non-hydrogen) atoms. The molecule has 1 aromatic carbocycles. The van der Waals surface area contributed by atoms with Crippen molar-refractivity contribution in [3.8, 4) is 5.69 Å². The van der Waals surface area contributed by atoms with Crippen LogP contribution >= 0.6 is 11.8 Å². The van der Waals surface area contributed by atoms with E-state index in [9.17, 15) is 4.79 Å². The largest absolute Gasteiger partial charge is 0.411 e. The quantitative estimate of drug-likeness (QED) is 0.250. The zero-order valence-electron chi connectivity index (χ0n) is 14.1. The third kappa shape index (κ3) is 3.06. The van der Waals surface area contributed by atoms with Crippen LogP contribution in [0.2, 0.25) is 0 Å². The minimum atomic E-state index is -0.345. The summed E-state index contributed by atoms with van der Waals surface area (Å²) in [6.45, 7) is 1.87. The smallest absolute Gasteiger partial charge is 0.267 e. The summed E-state index contributed by atoms with van der Waals surface area (Å²) in [7, 11) is 0. The van der Waals surface area contributed by atoms with Gasteiger partial charge in [0.1, 0.15) is 10.7 Å². The van der Waals surface area contributed by atoms with Gasteiger partial charge in [-0.05, 0) is 52.9 Å². The van der Waals surface area contributed by atoms with Gasteiger partial charge in [0.2, 0.25) is 5.16 Å². The minimum absolute atomic E-state index is 0.146. The first-order valence-corrected chi connectivity index (χ1v) is 8.72. The van der Waals surface area contributed by atoms with Crippen molar-refractivity contribution in [2.75, 3.05) is 0 Å². The first-order chi connectivity index (χ1) is 13.2. The molecule has 0 bridgehead atoms. The summed E-state index contributed by atoms with van der Waals surface area (Å²) < 4.78 is 2.96. The van der Waals surface area contributed by atoms with E-state index in [2.05, 4.69) is 25.7 Å². The lowest BCUT2D eigenvalue weighted by Gasteiger charge is -2.09. The Kier molecular flexibility index (Phi) is 4.38. The topological polar surface area (TPSA) is 111 Å². The van der Waals surface area contributed by atoms with Crippen LogP contribution in [-0.2, 0) is 0 Å². The SMILES string of the molecule is Cc1cccn2c(=O)c(C=NO)c(Sc3nnnn3-c3ccccc3)nc12. The molecule has 0 aliphatic carbocycles. The van der Waals surface area contributed by atoms with Crippen molar-refractivity contribution < 1.29 is 5.21 Å². The lowest BCUT2D eigenvalue weighted by atomic mass is 10.3. The van der Waals surface area contributed by atoms with Crippen molar-refractivity contribution in [1.29, 1.82) is 0 Å². The van der Waals surface area contributed by atoms with Crippen molar-refractivity contribution in [3.63, 3.8) is 0 Å². The molecule has 3 heterocycles. The molecule has 0 fully saturated rings. The average Bonchev–Trinajstić information content (AvgIpc) is 3.14. The number of rotatable bonds is 4. The maximum Gasteiger partial charge on any atom is 0.267 e. The predicted octanol–water partition coefficient (Wildman–Crippen LogP) is 1.94. The number of benzene rings is 1. The number of aryl methyl sites for hydroxylation is 1. The Morgan fingerprint density at radius 2 is 2.00 bits per heavy atom. The summed E-state index contributed by atoms with van der Waals surface area (Å²) in [6, 6.07) is 13.0. The van der Waals surface area contributed by atoms with Gasteiger partial charge in [0.15, 0.2) is 0 Å². The van der Waals surface area contributed by atoms with E-state index >= 15 is 0 Å². The van der Waals surface area contributed by atoms with Crippen LogP contribution in [0.1, 0.15) is 11.1 Å². The molecule has 4 aromatic rings. The molecule has 4 rings (SSSR count). The van der Waals surface area contributed by atoms with Gasteiger partial charge in [0, 0.05) is 6.20 Å². The fraction of sp³-hybridized carbons (Fsp3) is 0.0588. The van der Waals surface area contributed by atoms with Crippen LogP contribution in [0.25, 0.3) is 11.3 Å². The van der Waals surface area contributed by atoms with Gasteiger partial charge in [-0.2, -0.15) is 4.68 Å². The normalized spacial score (nSPS) is 11.4. The maximum atomic E-state index is 12.8. The van der Waals surface area contributed by atoms with Crippen LogP contribution in [0.15, 0.2) is 68.8 Å². The van der Waals surface area contributed by atoms with E-state index < -0.39 is 0 Å². The number of pyridine rings is 1. The third-order valence-corrected chi connectivity index (χ3v) is 4.81. The number of aromatic nitrogens is 6. The molecular weight excluding hydrogens is 366 g/mol. The Morgan fingerprint density at radius 1 is 1.19 bits per heavy atom. The molecule has 0 radical (unpaired) electrons. The molecule has 0 saturated heterocycles. The second-order valence-corrected chi connectivity index (χ2v) is 6.53. The Labute approximate surface area is 157 Å². The molecule has 0 aliphatic heterocycles. The number of hydrogen-bond donors (Lipinski definition) is 1. The summed E-state index contributed by atoms with van der Waals surface area (Å²) >= 11 is 1.12. The molecule has 0 saturated carbocycles. The van der Waals surface area contributed by atoms with Gasteiger partial charge in [-0.3, -0.25) is 9.20 Å². The standard InChI is InChI=1S/C17H13N7O2S/c1-11-6-5-9-23-14(11)19-15(13(10-18-26)16(23)25)27-17-20-21-22-24(17)12-7-3-2-4-8-12/h2-10,26H,1H3. The third-order valence-electron chi connectivity index (χ3n) is 3.87. The number of para-hydroxylation sites is 1. The Bertz CT molecular complexity index is 1200. The van der Waals surface area contributed by atoms with Crippen molar-refractivity contribution >= 4 is 23.6 Å². The van der Waals surface area contributed by atoms with Gasteiger partial charge in [-0.25, -0.2) is 4.98 Å². The summed E-state index contributed by atoms with van der Waals surface area (Å²) in [6.07, 6.45) is 2.69. The molecular formula is C17H13N7O2S. The molecule has 0 atom stereocenters. The Balaban J connectivity index is 1.88. The first-order valence-electron chi connectivity index (χ1n) is 7.90. The fourth-order valence-electron chi connectivity index (χ4n) is 2.60. The highest BCUT2D eigenvalue weighted by atomic mass is 32.2. The highest BCUT2D eigenvalue weighted by Crippen LogP contribution is 2.27. The van der Waals surface area contributed by atoms with Gasteiger partial charge in [0.25, 0.3) is 5.56 Å². The van der Waals surface area contributed by atoms with Gasteiger partial charge < -0.3 is 5.21 Å². The molecule has 9 nitrogen and oxygen atoms in total. The Hall–Kier alpha value is -3.53. The van der Waals surface area contributed by atoms with E-state index in [-0.39, 0.29) is 11.1 Å². The van der Waals surface area contributed by atoms with E-state index in [1.54, 1.807) is 16.9 Å². The molecule has 134 valence electrons. The average molecular weight is 379 g/mol. The van der Waals surface area contributed by atoms with Crippen LogP contribution < -0.4 is 5.56 Å². The molecule has 0 amide bonds.